The van der Waals surface area contributed by atoms with Crippen LogP contribution in [0, 0.1) is 0 Å². The lowest BCUT2D eigenvalue weighted by Crippen LogP contribution is -2.25. The summed E-state index contributed by atoms with van der Waals surface area (Å²) in [5, 5.41) is 3.43. The third kappa shape index (κ3) is 5.99. The molecule has 1 unspecified atom stereocenters. The van der Waals surface area contributed by atoms with Crippen molar-refractivity contribution in [3.63, 3.8) is 0 Å². The van der Waals surface area contributed by atoms with Gasteiger partial charge in [0.05, 0.1) is 7.11 Å². The minimum Gasteiger partial charge on any atom is -0.497 e. The molecule has 1 aromatic carbocycles. The van der Waals surface area contributed by atoms with Gasteiger partial charge in [-0.1, -0.05) is 6.92 Å². The smallest absolute Gasteiger partial charge is 0.118 e. The number of nitrogens with one attached hydrogen (secondary N) is 1. The molecular formula is C14H23NOS. The van der Waals surface area contributed by atoms with Crippen LogP contribution in [0.5, 0.6) is 5.75 Å². The van der Waals surface area contributed by atoms with Gasteiger partial charge in [-0.2, -0.15) is 0 Å². The van der Waals surface area contributed by atoms with Crippen molar-refractivity contribution in [2.45, 2.75) is 37.6 Å². The molecule has 96 valence electrons. The summed E-state index contributed by atoms with van der Waals surface area (Å²) in [6, 6.07) is 8.92. The van der Waals surface area contributed by atoms with Crippen molar-refractivity contribution in [3.8, 4) is 5.75 Å². The van der Waals surface area contributed by atoms with Crippen molar-refractivity contribution in [1.29, 1.82) is 0 Å². The van der Waals surface area contributed by atoms with Crippen molar-refractivity contribution in [3.05, 3.63) is 24.3 Å². The molecule has 0 aromatic heterocycles. The molecule has 0 spiro atoms. The Bertz CT molecular complexity index is 300. The number of hydrogen-bond acceptors (Lipinski definition) is 3. The van der Waals surface area contributed by atoms with Gasteiger partial charge in [-0.05, 0) is 56.3 Å². The maximum absolute atomic E-state index is 5.14. The summed E-state index contributed by atoms with van der Waals surface area (Å²) in [4.78, 5) is 1.32. The molecule has 0 radical (unpaired) electrons. The molecule has 17 heavy (non-hydrogen) atoms. The van der Waals surface area contributed by atoms with E-state index in [-0.39, 0.29) is 0 Å². The van der Waals surface area contributed by atoms with Crippen molar-refractivity contribution >= 4 is 11.8 Å². The summed E-state index contributed by atoms with van der Waals surface area (Å²) in [6.07, 6.45) is 2.50. The zero-order chi connectivity index (χ0) is 12.5. The molecule has 1 N–H and O–H groups in total. The fourth-order valence-corrected chi connectivity index (χ4v) is 2.58. The third-order valence-electron chi connectivity index (χ3n) is 2.66. The normalized spacial score (nSPS) is 12.4. The number of benzene rings is 1. The Morgan fingerprint density at radius 2 is 2.00 bits per heavy atom. The molecule has 0 saturated carbocycles. The Balaban J connectivity index is 2.17. The van der Waals surface area contributed by atoms with E-state index < -0.39 is 0 Å². The molecule has 0 fully saturated rings. The van der Waals surface area contributed by atoms with Crippen LogP contribution in [0.2, 0.25) is 0 Å². The van der Waals surface area contributed by atoms with Crippen LogP contribution < -0.4 is 10.1 Å². The predicted octanol–water partition coefficient (Wildman–Crippen LogP) is 3.57. The first-order valence-electron chi connectivity index (χ1n) is 6.26. The van der Waals surface area contributed by atoms with Crippen LogP contribution in [0.1, 0.15) is 26.7 Å². The average Bonchev–Trinajstić information content (AvgIpc) is 2.36. The van der Waals surface area contributed by atoms with E-state index in [1.54, 1.807) is 7.11 Å². The largest absolute Gasteiger partial charge is 0.497 e. The Morgan fingerprint density at radius 3 is 2.59 bits per heavy atom. The molecular weight excluding hydrogens is 230 g/mol. The van der Waals surface area contributed by atoms with Crippen molar-refractivity contribution in [1.82, 2.24) is 5.32 Å². The second kappa shape index (κ2) is 8.43. The molecule has 0 aliphatic rings. The number of thioether (sulfide) groups is 1. The van der Waals surface area contributed by atoms with Gasteiger partial charge in [0.1, 0.15) is 5.75 Å². The topological polar surface area (TPSA) is 21.3 Å². The molecule has 0 amide bonds. The molecule has 1 rings (SSSR count). The molecule has 0 aliphatic carbocycles. The van der Waals surface area contributed by atoms with E-state index in [1.165, 1.54) is 23.5 Å². The van der Waals surface area contributed by atoms with Gasteiger partial charge in [-0.3, -0.25) is 0 Å². The highest BCUT2D eigenvalue weighted by Crippen LogP contribution is 2.22. The van der Waals surface area contributed by atoms with Gasteiger partial charge in [0.2, 0.25) is 0 Å². The second-order valence-corrected chi connectivity index (χ2v) is 5.29. The SMILES string of the molecule is CCNC(C)CCCSc1ccc(OC)cc1. The lowest BCUT2D eigenvalue weighted by Gasteiger charge is -2.11. The number of methoxy groups -OCH3 is 1. The fraction of sp³-hybridized carbons (Fsp3) is 0.571. The van der Waals surface area contributed by atoms with E-state index in [2.05, 4.69) is 31.3 Å². The van der Waals surface area contributed by atoms with Crippen LogP contribution in [-0.2, 0) is 0 Å². The van der Waals surface area contributed by atoms with Gasteiger partial charge in [0.25, 0.3) is 0 Å². The average molecular weight is 253 g/mol. The summed E-state index contributed by atoms with van der Waals surface area (Å²) in [6.45, 7) is 5.47. The van der Waals surface area contributed by atoms with E-state index in [4.69, 9.17) is 4.74 Å². The maximum atomic E-state index is 5.14. The highest BCUT2D eigenvalue weighted by molar-refractivity contribution is 7.99. The van der Waals surface area contributed by atoms with Crippen molar-refractivity contribution in [2.75, 3.05) is 19.4 Å². The van der Waals surface area contributed by atoms with Gasteiger partial charge in [-0.25, -0.2) is 0 Å². The molecule has 1 aromatic rings. The van der Waals surface area contributed by atoms with Crippen LogP contribution >= 0.6 is 11.8 Å². The lowest BCUT2D eigenvalue weighted by atomic mass is 10.2. The van der Waals surface area contributed by atoms with E-state index in [0.717, 1.165) is 12.3 Å². The Kier molecular flexibility index (Phi) is 7.13. The summed E-state index contributed by atoms with van der Waals surface area (Å²) in [5.74, 6) is 2.11. The lowest BCUT2D eigenvalue weighted by molar-refractivity contribution is 0.414. The maximum Gasteiger partial charge on any atom is 0.118 e. The third-order valence-corrected chi connectivity index (χ3v) is 3.76. The van der Waals surface area contributed by atoms with Crippen LogP contribution in [-0.4, -0.2) is 25.4 Å². The summed E-state index contributed by atoms with van der Waals surface area (Å²) in [5.41, 5.74) is 0. The molecule has 0 heterocycles. The van der Waals surface area contributed by atoms with Crippen molar-refractivity contribution in [2.24, 2.45) is 0 Å². The highest BCUT2D eigenvalue weighted by atomic mass is 32.2. The first-order valence-corrected chi connectivity index (χ1v) is 7.25. The summed E-state index contributed by atoms with van der Waals surface area (Å²) >= 11 is 1.92. The standard InChI is InChI=1S/C14H23NOS/c1-4-15-12(2)6-5-11-17-14-9-7-13(16-3)8-10-14/h7-10,12,15H,4-6,11H2,1-3H3. The van der Waals surface area contributed by atoms with Gasteiger partial charge in [0.15, 0.2) is 0 Å². The van der Waals surface area contributed by atoms with Crippen LogP contribution in [0.3, 0.4) is 0 Å². The van der Waals surface area contributed by atoms with E-state index in [0.29, 0.717) is 6.04 Å². The van der Waals surface area contributed by atoms with Gasteiger partial charge in [-0.15, -0.1) is 11.8 Å². The number of ether oxygens (including phenoxy) is 1. The molecule has 0 aliphatic heterocycles. The van der Waals surface area contributed by atoms with Crippen molar-refractivity contribution < 1.29 is 4.74 Å². The molecule has 2 nitrogen and oxygen atoms in total. The fourth-order valence-electron chi connectivity index (χ4n) is 1.70. The van der Waals surface area contributed by atoms with E-state index >= 15 is 0 Å². The minimum absolute atomic E-state index is 0.636. The number of rotatable bonds is 8. The minimum atomic E-state index is 0.636. The zero-order valence-electron chi connectivity index (χ0n) is 11.0. The molecule has 0 bridgehead atoms. The van der Waals surface area contributed by atoms with Crippen LogP contribution in [0.4, 0.5) is 0 Å². The van der Waals surface area contributed by atoms with E-state index in [9.17, 15) is 0 Å². The first kappa shape index (κ1) is 14.4. The monoisotopic (exact) mass is 253 g/mol. The Labute approximate surface area is 109 Å². The van der Waals surface area contributed by atoms with Crippen LogP contribution in [0.25, 0.3) is 0 Å². The van der Waals surface area contributed by atoms with Crippen LogP contribution in [0.15, 0.2) is 29.2 Å². The Morgan fingerprint density at radius 1 is 1.29 bits per heavy atom. The number of hydrogen-bond donors (Lipinski definition) is 1. The Hall–Kier alpha value is -0.670. The summed E-state index contributed by atoms with van der Waals surface area (Å²) < 4.78 is 5.14. The second-order valence-electron chi connectivity index (χ2n) is 4.12. The molecule has 3 heteroatoms. The van der Waals surface area contributed by atoms with E-state index in [1.807, 2.05) is 23.9 Å². The van der Waals surface area contributed by atoms with Gasteiger partial charge < -0.3 is 10.1 Å². The summed E-state index contributed by atoms with van der Waals surface area (Å²) in [7, 11) is 1.70. The highest BCUT2D eigenvalue weighted by Gasteiger charge is 2.00. The first-order chi connectivity index (χ1) is 8.26. The van der Waals surface area contributed by atoms with Gasteiger partial charge >= 0.3 is 0 Å². The van der Waals surface area contributed by atoms with Gasteiger partial charge in [0, 0.05) is 10.9 Å². The zero-order valence-corrected chi connectivity index (χ0v) is 11.8. The predicted molar refractivity (Wildman–Crippen MR) is 76.1 cm³/mol. The quantitative estimate of drug-likeness (QED) is 0.565. The molecule has 0 saturated heterocycles. The molecule has 1 atom stereocenters.